The zero-order chi connectivity index (χ0) is 9.97. The topological polar surface area (TPSA) is 29.9 Å². The molecule has 0 amide bonds. The molecule has 1 fully saturated rings. The van der Waals surface area contributed by atoms with Crippen molar-refractivity contribution in [3.8, 4) is 0 Å². The van der Waals surface area contributed by atoms with E-state index in [2.05, 4.69) is 30.5 Å². The fourth-order valence-corrected chi connectivity index (χ4v) is 2.02. The summed E-state index contributed by atoms with van der Waals surface area (Å²) in [6.45, 7) is 6.52. The van der Waals surface area contributed by atoms with E-state index in [4.69, 9.17) is 0 Å². The minimum Gasteiger partial charge on any atom is -0.310 e. The van der Waals surface area contributed by atoms with Gasteiger partial charge in [-0.1, -0.05) is 6.92 Å². The van der Waals surface area contributed by atoms with Gasteiger partial charge in [-0.25, -0.2) is 0 Å². The standard InChI is InChI=1S/C11H19N3/c1-3-14-8-10(7-13-14)11-5-4-9(2)6-12-11/h7-9,11-12H,3-6H2,1-2H3. The van der Waals surface area contributed by atoms with Crippen LogP contribution in [0.5, 0.6) is 0 Å². The van der Waals surface area contributed by atoms with E-state index in [0.29, 0.717) is 6.04 Å². The van der Waals surface area contributed by atoms with Gasteiger partial charge in [-0.3, -0.25) is 4.68 Å². The SMILES string of the molecule is CCn1cc(C2CCC(C)CN2)cn1. The molecule has 1 aliphatic heterocycles. The van der Waals surface area contributed by atoms with E-state index in [0.717, 1.165) is 19.0 Å². The van der Waals surface area contributed by atoms with E-state index in [1.807, 2.05) is 10.9 Å². The first-order chi connectivity index (χ1) is 6.79. The van der Waals surface area contributed by atoms with Gasteiger partial charge in [0.1, 0.15) is 0 Å². The molecule has 2 atom stereocenters. The Morgan fingerprint density at radius 1 is 1.57 bits per heavy atom. The maximum Gasteiger partial charge on any atom is 0.0537 e. The van der Waals surface area contributed by atoms with Gasteiger partial charge >= 0.3 is 0 Å². The molecule has 3 nitrogen and oxygen atoms in total. The molecule has 2 unspecified atom stereocenters. The summed E-state index contributed by atoms with van der Waals surface area (Å²) < 4.78 is 2.00. The van der Waals surface area contributed by atoms with Gasteiger partial charge in [-0.2, -0.15) is 5.10 Å². The zero-order valence-corrected chi connectivity index (χ0v) is 9.03. The fraction of sp³-hybridized carbons (Fsp3) is 0.727. The summed E-state index contributed by atoms with van der Waals surface area (Å²) in [7, 11) is 0. The molecule has 1 aromatic rings. The van der Waals surface area contributed by atoms with E-state index in [9.17, 15) is 0 Å². The average Bonchev–Trinajstić information content (AvgIpc) is 2.67. The van der Waals surface area contributed by atoms with Crippen LogP contribution in [-0.4, -0.2) is 16.3 Å². The van der Waals surface area contributed by atoms with Gasteiger partial charge < -0.3 is 5.32 Å². The molecule has 2 heterocycles. The summed E-state index contributed by atoms with van der Waals surface area (Å²) >= 11 is 0. The van der Waals surface area contributed by atoms with Gasteiger partial charge in [-0.05, 0) is 32.2 Å². The van der Waals surface area contributed by atoms with Gasteiger partial charge in [0.15, 0.2) is 0 Å². The molecule has 1 aromatic heterocycles. The third-order valence-corrected chi connectivity index (χ3v) is 3.04. The molecule has 1 saturated heterocycles. The third-order valence-electron chi connectivity index (χ3n) is 3.04. The number of hydrogen-bond donors (Lipinski definition) is 1. The molecule has 2 rings (SSSR count). The van der Waals surface area contributed by atoms with Crippen LogP contribution in [0.1, 0.15) is 38.3 Å². The van der Waals surface area contributed by atoms with E-state index in [-0.39, 0.29) is 0 Å². The molecule has 14 heavy (non-hydrogen) atoms. The fourth-order valence-electron chi connectivity index (χ4n) is 2.02. The van der Waals surface area contributed by atoms with Crippen LogP contribution < -0.4 is 5.32 Å². The van der Waals surface area contributed by atoms with Crippen LogP contribution in [0.3, 0.4) is 0 Å². The zero-order valence-electron chi connectivity index (χ0n) is 9.03. The number of hydrogen-bond acceptors (Lipinski definition) is 2. The predicted molar refractivity (Wildman–Crippen MR) is 57.0 cm³/mol. The van der Waals surface area contributed by atoms with Crippen LogP contribution in [-0.2, 0) is 6.54 Å². The highest BCUT2D eigenvalue weighted by Crippen LogP contribution is 2.24. The van der Waals surface area contributed by atoms with Gasteiger partial charge in [-0.15, -0.1) is 0 Å². The predicted octanol–water partition coefficient (Wildman–Crippen LogP) is 1.96. The van der Waals surface area contributed by atoms with Crippen molar-refractivity contribution in [2.75, 3.05) is 6.54 Å². The lowest BCUT2D eigenvalue weighted by Gasteiger charge is -2.26. The second-order valence-electron chi connectivity index (χ2n) is 4.27. The second kappa shape index (κ2) is 4.13. The Morgan fingerprint density at radius 2 is 2.43 bits per heavy atom. The summed E-state index contributed by atoms with van der Waals surface area (Å²) in [4.78, 5) is 0. The highest BCUT2D eigenvalue weighted by atomic mass is 15.3. The summed E-state index contributed by atoms with van der Waals surface area (Å²) in [5.41, 5.74) is 1.35. The third kappa shape index (κ3) is 1.98. The highest BCUT2D eigenvalue weighted by molar-refractivity contribution is 5.11. The molecule has 0 spiro atoms. The Morgan fingerprint density at radius 3 is 3.00 bits per heavy atom. The van der Waals surface area contributed by atoms with Crippen molar-refractivity contribution in [1.82, 2.24) is 15.1 Å². The molecule has 0 bridgehead atoms. The molecule has 0 saturated carbocycles. The van der Waals surface area contributed by atoms with Crippen molar-refractivity contribution >= 4 is 0 Å². The van der Waals surface area contributed by atoms with Crippen molar-refractivity contribution in [1.29, 1.82) is 0 Å². The Bertz CT molecular complexity index is 284. The van der Waals surface area contributed by atoms with Crippen molar-refractivity contribution in [2.45, 2.75) is 39.3 Å². The summed E-state index contributed by atoms with van der Waals surface area (Å²) in [6, 6.07) is 0.534. The Kier molecular flexibility index (Phi) is 2.87. The van der Waals surface area contributed by atoms with Gasteiger partial charge in [0.05, 0.1) is 6.20 Å². The van der Waals surface area contributed by atoms with Gasteiger partial charge in [0, 0.05) is 24.3 Å². The number of piperidine rings is 1. The van der Waals surface area contributed by atoms with Crippen molar-refractivity contribution in [2.24, 2.45) is 5.92 Å². The number of aromatic nitrogens is 2. The quantitative estimate of drug-likeness (QED) is 0.778. The van der Waals surface area contributed by atoms with Crippen LogP contribution in [0.25, 0.3) is 0 Å². The molecule has 1 N–H and O–H groups in total. The van der Waals surface area contributed by atoms with E-state index >= 15 is 0 Å². The largest absolute Gasteiger partial charge is 0.310 e. The van der Waals surface area contributed by atoms with E-state index < -0.39 is 0 Å². The number of nitrogens with zero attached hydrogens (tertiary/aromatic N) is 2. The Hall–Kier alpha value is -0.830. The Labute approximate surface area is 85.5 Å². The van der Waals surface area contributed by atoms with Crippen LogP contribution in [0.2, 0.25) is 0 Å². The second-order valence-corrected chi connectivity index (χ2v) is 4.27. The lowest BCUT2D eigenvalue weighted by Crippen LogP contribution is -2.31. The molecule has 78 valence electrons. The van der Waals surface area contributed by atoms with Crippen molar-refractivity contribution < 1.29 is 0 Å². The minimum absolute atomic E-state index is 0.534. The number of aryl methyl sites for hydroxylation is 1. The molecular formula is C11H19N3. The lowest BCUT2D eigenvalue weighted by atomic mass is 9.94. The van der Waals surface area contributed by atoms with E-state index in [1.165, 1.54) is 18.4 Å². The molecule has 0 aliphatic carbocycles. The van der Waals surface area contributed by atoms with Gasteiger partial charge in [0.25, 0.3) is 0 Å². The van der Waals surface area contributed by atoms with Gasteiger partial charge in [0.2, 0.25) is 0 Å². The van der Waals surface area contributed by atoms with Crippen molar-refractivity contribution in [3.05, 3.63) is 18.0 Å². The molecule has 0 aromatic carbocycles. The summed E-state index contributed by atoms with van der Waals surface area (Å²) in [6.07, 6.45) is 6.73. The number of nitrogens with one attached hydrogen (secondary N) is 1. The van der Waals surface area contributed by atoms with Crippen LogP contribution in [0, 0.1) is 5.92 Å². The smallest absolute Gasteiger partial charge is 0.0537 e. The first-order valence-corrected chi connectivity index (χ1v) is 5.55. The van der Waals surface area contributed by atoms with Crippen molar-refractivity contribution in [3.63, 3.8) is 0 Å². The monoisotopic (exact) mass is 193 g/mol. The normalized spacial score (nSPS) is 27.9. The number of rotatable bonds is 2. The molecule has 0 radical (unpaired) electrons. The molecule has 3 heteroatoms. The van der Waals surface area contributed by atoms with Crippen LogP contribution in [0.15, 0.2) is 12.4 Å². The maximum absolute atomic E-state index is 4.31. The highest BCUT2D eigenvalue weighted by Gasteiger charge is 2.19. The lowest BCUT2D eigenvalue weighted by molar-refractivity contribution is 0.333. The van der Waals surface area contributed by atoms with Crippen LogP contribution >= 0.6 is 0 Å². The summed E-state index contributed by atoms with van der Waals surface area (Å²) in [5, 5.41) is 7.87. The first kappa shape index (κ1) is 9.71. The Balaban J connectivity index is 2.01. The summed E-state index contributed by atoms with van der Waals surface area (Å²) in [5.74, 6) is 0.826. The van der Waals surface area contributed by atoms with E-state index in [1.54, 1.807) is 0 Å². The maximum atomic E-state index is 4.31. The van der Waals surface area contributed by atoms with Crippen LogP contribution in [0.4, 0.5) is 0 Å². The first-order valence-electron chi connectivity index (χ1n) is 5.55. The average molecular weight is 193 g/mol. The molecule has 1 aliphatic rings. The minimum atomic E-state index is 0.534. The molecular weight excluding hydrogens is 174 g/mol.